The fourth-order valence-electron chi connectivity index (χ4n) is 2.88. The molecule has 1 aliphatic heterocycles. The number of rotatable bonds is 5. The average Bonchev–Trinajstić information content (AvgIpc) is 3.15. The van der Waals surface area contributed by atoms with Crippen molar-refractivity contribution in [2.24, 2.45) is 7.05 Å². The largest absolute Gasteiger partial charge is 0.348 e. The van der Waals surface area contributed by atoms with E-state index in [0.717, 1.165) is 31.6 Å². The minimum atomic E-state index is -0.0413. The minimum Gasteiger partial charge on any atom is -0.348 e. The quantitative estimate of drug-likeness (QED) is 0.857. The molecule has 2 heterocycles. The molecule has 0 spiro atoms. The third kappa shape index (κ3) is 4.53. The molecule has 1 saturated heterocycles. The van der Waals surface area contributed by atoms with Crippen molar-refractivity contribution in [3.8, 4) is 0 Å². The number of hydrogen-bond acceptors (Lipinski definition) is 3. The van der Waals surface area contributed by atoms with Crippen molar-refractivity contribution in [3.05, 3.63) is 59.9 Å². The Morgan fingerprint density at radius 1 is 1.39 bits per heavy atom. The van der Waals surface area contributed by atoms with Crippen LogP contribution in [0.3, 0.4) is 0 Å². The van der Waals surface area contributed by atoms with Gasteiger partial charge in [-0.05, 0) is 18.1 Å². The van der Waals surface area contributed by atoms with Crippen molar-refractivity contribution < 1.29 is 4.79 Å². The van der Waals surface area contributed by atoms with Crippen LogP contribution in [0.5, 0.6) is 0 Å². The van der Waals surface area contributed by atoms with E-state index in [9.17, 15) is 4.79 Å². The van der Waals surface area contributed by atoms with Gasteiger partial charge in [-0.1, -0.05) is 30.3 Å². The van der Waals surface area contributed by atoms with Gasteiger partial charge in [0.25, 0.3) is 0 Å². The summed E-state index contributed by atoms with van der Waals surface area (Å²) in [5, 5.41) is 7.15. The minimum absolute atomic E-state index is 0.0413. The van der Waals surface area contributed by atoms with Gasteiger partial charge < -0.3 is 5.32 Å². The topological polar surface area (TPSA) is 50.2 Å². The van der Waals surface area contributed by atoms with Crippen LogP contribution < -0.4 is 5.32 Å². The van der Waals surface area contributed by atoms with Crippen LogP contribution in [0.15, 0.2) is 48.8 Å². The lowest BCUT2D eigenvalue weighted by Gasteiger charge is -2.16. The number of nitrogens with one attached hydrogen (secondary N) is 1. The van der Waals surface area contributed by atoms with E-state index in [1.165, 1.54) is 5.56 Å². The van der Waals surface area contributed by atoms with Crippen LogP contribution in [0.4, 0.5) is 0 Å². The lowest BCUT2D eigenvalue weighted by molar-refractivity contribution is -0.117. The second-order valence-corrected chi connectivity index (χ2v) is 6.00. The number of carbonyl (C=O) groups is 1. The highest BCUT2D eigenvalue weighted by Crippen LogP contribution is 2.13. The first kappa shape index (κ1) is 15.5. The number of amides is 1. The molecule has 1 fully saturated rings. The Balaban J connectivity index is 1.46. The Morgan fingerprint density at radius 3 is 2.96 bits per heavy atom. The molecule has 1 amide bonds. The van der Waals surface area contributed by atoms with Gasteiger partial charge in [-0.2, -0.15) is 5.10 Å². The normalized spacial score (nSPS) is 18.6. The molecule has 0 aliphatic carbocycles. The van der Waals surface area contributed by atoms with E-state index in [-0.39, 0.29) is 11.9 Å². The van der Waals surface area contributed by atoms with E-state index >= 15 is 0 Å². The van der Waals surface area contributed by atoms with Crippen molar-refractivity contribution in [1.29, 1.82) is 0 Å². The molecule has 120 valence electrons. The summed E-state index contributed by atoms with van der Waals surface area (Å²) in [6.07, 6.45) is 7.98. The summed E-state index contributed by atoms with van der Waals surface area (Å²) in [7, 11) is 1.86. The van der Waals surface area contributed by atoms with Crippen molar-refractivity contribution in [2.45, 2.75) is 19.0 Å². The van der Waals surface area contributed by atoms with E-state index in [1.807, 2.05) is 19.3 Å². The fourth-order valence-corrected chi connectivity index (χ4v) is 2.88. The van der Waals surface area contributed by atoms with E-state index in [1.54, 1.807) is 23.0 Å². The summed E-state index contributed by atoms with van der Waals surface area (Å²) < 4.78 is 1.72. The molecule has 2 aromatic rings. The fraction of sp³-hybridized carbons (Fsp3) is 0.333. The first-order chi connectivity index (χ1) is 11.2. The number of aromatic nitrogens is 2. The van der Waals surface area contributed by atoms with Crippen LogP contribution in [0, 0.1) is 0 Å². The van der Waals surface area contributed by atoms with Crippen LogP contribution >= 0.6 is 0 Å². The van der Waals surface area contributed by atoms with Crippen molar-refractivity contribution in [1.82, 2.24) is 20.0 Å². The Bertz CT molecular complexity index is 677. The van der Waals surface area contributed by atoms with E-state index in [2.05, 4.69) is 39.6 Å². The maximum atomic E-state index is 12.0. The average molecular weight is 310 g/mol. The maximum absolute atomic E-state index is 12.0. The number of likely N-dealkylation sites (tertiary alicyclic amines) is 1. The number of nitrogens with zero attached hydrogens (tertiary/aromatic N) is 3. The number of benzene rings is 1. The van der Waals surface area contributed by atoms with Crippen LogP contribution in [-0.4, -0.2) is 39.7 Å². The molecule has 1 aromatic heterocycles. The lowest BCUT2D eigenvalue weighted by Crippen LogP contribution is -2.35. The van der Waals surface area contributed by atoms with Gasteiger partial charge >= 0.3 is 0 Å². The highest BCUT2D eigenvalue weighted by molar-refractivity contribution is 5.91. The molecule has 1 aliphatic rings. The smallest absolute Gasteiger partial charge is 0.244 e. The molecule has 3 rings (SSSR count). The van der Waals surface area contributed by atoms with Crippen molar-refractivity contribution in [2.75, 3.05) is 13.1 Å². The summed E-state index contributed by atoms with van der Waals surface area (Å²) in [5.41, 5.74) is 2.25. The third-order valence-corrected chi connectivity index (χ3v) is 4.02. The zero-order valence-electron chi connectivity index (χ0n) is 13.4. The molecule has 1 aromatic carbocycles. The van der Waals surface area contributed by atoms with Crippen LogP contribution in [0.25, 0.3) is 6.08 Å². The first-order valence-electron chi connectivity index (χ1n) is 7.92. The summed E-state index contributed by atoms with van der Waals surface area (Å²) in [6.45, 7) is 2.87. The Hall–Kier alpha value is -2.40. The van der Waals surface area contributed by atoms with Gasteiger partial charge in [-0.3, -0.25) is 14.4 Å². The zero-order chi connectivity index (χ0) is 16.1. The van der Waals surface area contributed by atoms with Crippen LogP contribution in [-0.2, 0) is 18.4 Å². The highest BCUT2D eigenvalue weighted by Gasteiger charge is 2.23. The Labute approximate surface area is 136 Å². The standard InChI is InChI=1S/C18H22N4O/c1-21-12-16(11-19-21)7-8-18(23)20-17-9-10-22(14-17)13-15-5-3-2-4-6-15/h2-8,11-12,17H,9-10,13-14H2,1H3,(H,20,23)/b8-7+/t17-/m0/s1. The molecule has 0 unspecified atom stereocenters. The molecule has 0 radical (unpaired) electrons. The molecule has 0 saturated carbocycles. The molecular formula is C18H22N4O. The van der Waals surface area contributed by atoms with Gasteiger partial charge in [-0.15, -0.1) is 0 Å². The SMILES string of the molecule is Cn1cc(/C=C/C(=O)N[C@H]2CCN(Cc3ccccc3)C2)cn1. The Morgan fingerprint density at radius 2 is 2.22 bits per heavy atom. The van der Waals surface area contributed by atoms with Crippen LogP contribution in [0.2, 0.25) is 0 Å². The van der Waals surface area contributed by atoms with E-state index in [0.29, 0.717) is 0 Å². The highest BCUT2D eigenvalue weighted by atomic mass is 16.1. The van der Waals surface area contributed by atoms with Crippen LogP contribution in [0.1, 0.15) is 17.5 Å². The summed E-state index contributed by atoms with van der Waals surface area (Å²) >= 11 is 0. The predicted octanol–water partition coefficient (Wildman–Crippen LogP) is 1.82. The number of aryl methyl sites for hydroxylation is 1. The molecule has 0 bridgehead atoms. The molecule has 5 nitrogen and oxygen atoms in total. The monoisotopic (exact) mass is 310 g/mol. The molecule has 23 heavy (non-hydrogen) atoms. The maximum Gasteiger partial charge on any atom is 0.244 e. The summed E-state index contributed by atoms with van der Waals surface area (Å²) in [4.78, 5) is 14.4. The second-order valence-electron chi connectivity index (χ2n) is 6.00. The van der Waals surface area contributed by atoms with Crippen molar-refractivity contribution >= 4 is 12.0 Å². The lowest BCUT2D eigenvalue weighted by atomic mass is 10.2. The molecule has 5 heteroatoms. The molecule has 1 N–H and O–H groups in total. The van der Waals surface area contributed by atoms with Crippen molar-refractivity contribution in [3.63, 3.8) is 0 Å². The van der Waals surface area contributed by atoms with Gasteiger partial charge in [0.2, 0.25) is 5.91 Å². The predicted molar refractivity (Wildman–Crippen MR) is 90.5 cm³/mol. The van der Waals surface area contributed by atoms with Gasteiger partial charge in [-0.25, -0.2) is 0 Å². The van der Waals surface area contributed by atoms with Gasteiger partial charge in [0.1, 0.15) is 0 Å². The Kier molecular flexibility index (Phi) is 4.88. The van der Waals surface area contributed by atoms with E-state index < -0.39 is 0 Å². The molecule has 1 atom stereocenters. The number of hydrogen-bond donors (Lipinski definition) is 1. The van der Waals surface area contributed by atoms with Gasteiger partial charge in [0.15, 0.2) is 0 Å². The summed E-state index contributed by atoms with van der Waals surface area (Å²) in [6, 6.07) is 10.7. The third-order valence-electron chi connectivity index (χ3n) is 4.02. The first-order valence-corrected chi connectivity index (χ1v) is 7.92. The summed E-state index contributed by atoms with van der Waals surface area (Å²) in [5.74, 6) is -0.0413. The second kappa shape index (κ2) is 7.24. The number of carbonyl (C=O) groups excluding carboxylic acids is 1. The van der Waals surface area contributed by atoms with Gasteiger partial charge in [0.05, 0.1) is 6.20 Å². The van der Waals surface area contributed by atoms with Gasteiger partial charge in [0, 0.05) is 50.6 Å². The van der Waals surface area contributed by atoms with E-state index in [4.69, 9.17) is 0 Å². The zero-order valence-corrected chi connectivity index (χ0v) is 13.4. The molecular weight excluding hydrogens is 288 g/mol.